The van der Waals surface area contributed by atoms with Gasteiger partial charge in [-0.3, -0.25) is 14.5 Å². The molecule has 0 aliphatic carbocycles. The highest BCUT2D eigenvalue weighted by Gasteiger charge is 2.18. The summed E-state index contributed by atoms with van der Waals surface area (Å²) in [5.74, 6) is -0.235. The molecule has 0 atom stereocenters. The lowest BCUT2D eigenvalue weighted by molar-refractivity contribution is -0.122. The molecule has 1 aliphatic heterocycles. The van der Waals surface area contributed by atoms with Crippen molar-refractivity contribution in [2.24, 2.45) is 0 Å². The Morgan fingerprint density at radius 2 is 1.51 bits per heavy atom. The Morgan fingerprint density at radius 3 is 2.31 bits per heavy atom. The molecule has 0 radical (unpaired) electrons. The number of rotatable bonds is 7. The van der Waals surface area contributed by atoms with E-state index in [9.17, 15) is 9.59 Å². The third-order valence-corrected chi connectivity index (χ3v) is 6.54. The van der Waals surface area contributed by atoms with Gasteiger partial charge in [-0.15, -0.1) is 0 Å². The van der Waals surface area contributed by atoms with Gasteiger partial charge in [0.2, 0.25) is 5.91 Å². The highest BCUT2D eigenvalue weighted by molar-refractivity contribution is 5.81. The molecule has 7 nitrogen and oxygen atoms in total. The zero-order chi connectivity index (χ0) is 24.0. The quantitative estimate of drug-likeness (QED) is 0.453. The fraction of sp³-hybridized carbons (Fsp3) is 0.250. The number of para-hydroxylation sites is 1. The Bertz CT molecular complexity index is 1360. The molecule has 0 saturated carbocycles. The van der Waals surface area contributed by atoms with Gasteiger partial charge in [-0.1, -0.05) is 60.7 Å². The topological polar surface area (TPSA) is 70.5 Å². The molecule has 3 aromatic carbocycles. The van der Waals surface area contributed by atoms with Crippen LogP contribution in [0.25, 0.3) is 10.8 Å². The normalized spacial score (nSPS) is 14.2. The first-order valence-electron chi connectivity index (χ1n) is 12.0. The van der Waals surface area contributed by atoms with Crippen LogP contribution in [0.2, 0.25) is 0 Å². The first kappa shape index (κ1) is 22.8. The zero-order valence-electron chi connectivity index (χ0n) is 19.6. The van der Waals surface area contributed by atoms with Crippen LogP contribution in [0.4, 0.5) is 5.69 Å². The van der Waals surface area contributed by atoms with E-state index in [-0.39, 0.29) is 18.0 Å². The fourth-order valence-corrected chi connectivity index (χ4v) is 4.55. The second-order valence-corrected chi connectivity index (χ2v) is 8.84. The minimum atomic E-state index is -0.256. The second kappa shape index (κ2) is 10.5. The summed E-state index contributed by atoms with van der Waals surface area (Å²) >= 11 is 0. The summed E-state index contributed by atoms with van der Waals surface area (Å²) in [4.78, 5) is 30.1. The van der Waals surface area contributed by atoms with Crippen LogP contribution in [0.15, 0.2) is 89.9 Å². The molecule has 35 heavy (non-hydrogen) atoms. The molecule has 1 N–H and O–H groups in total. The maximum Gasteiger partial charge on any atom is 0.275 e. The molecule has 1 aliphatic rings. The van der Waals surface area contributed by atoms with Crippen molar-refractivity contribution in [1.29, 1.82) is 0 Å². The summed E-state index contributed by atoms with van der Waals surface area (Å²) in [7, 11) is 0. The van der Waals surface area contributed by atoms with E-state index in [1.165, 1.54) is 15.9 Å². The maximum absolute atomic E-state index is 12.6. The standard InChI is InChI=1S/C28H29N5O2/c34-27(21-33-28(35)26-13-7-6-9-23(26)19-30-33)29-18-22-8-4-5-10-24(22)20-31-14-16-32(17-15-31)25-11-2-1-3-12-25/h1-13,19H,14-18,20-21H2,(H,29,34). The maximum atomic E-state index is 12.6. The lowest BCUT2D eigenvalue weighted by atomic mass is 10.1. The van der Waals surface area contributed by atoms with Gasteiger partial charge in [0.25, 0.3) is 5.56 Å². The number of piperazine rings is 1. The van der Waals surface area contributed by atoms with Crippen molar-refractivity contribution in [2.45, 2.75) is 19.6 Å². The molecule has 178 valence electrons. The van der Waals surface area contributed by atoms with E-state index in [0.717, 1.165) is 43.7 Å². The minimum absolute atomic E-state index is 0.104. The highest BCUT2D eigenvalue weighted by atomic mass is 16.2. The van der Waals surface area contributed by atoms with Crippen LogP contribution in [-0.4, -0.2) is 46.8 Å². The molecular formula is C28H29N5O2. The molecule has 1 saturated heterocycles. The van der Waals surface area contributed by atoms with Gasteiger partial charge in [0.15, 0.2) is 0 Å². The van der Waals surface area contributed by atoms with Gasteiger partial charge in [0, 0.05) is 50.3 Å². The van der Waals surface area contributed by atoms with Crippen molar-refractivity contribution < 1.29 is 4.79 Å². The van der Waals surface area contributed by atoms with E-state index in [4.69, 9.17) is 0 Å². The van der Waals surface area contributed by atoms with Crippen molar-refractivity contribution in [1.82, 2.24) is 20.0 Å². The van der Waals surface area contributed by atoms with Crippen LogP contribution in [0, 0.1) is 0 Å². The van der Waals surface area contributed by atoms with Gasteiger partial charge in [-0.25, -0.2) is 4.68 Å². The SMILES string of the molecule is O=C(Cn1ncc2ccccc2c1=O)NCc1ccccc1CN1CCN(c2ccccc2)CC1. The van der Waals surface area contributed by atoms with Gasteiger partial charge in [0.05, 0.1) is 11.6 Å². The molecule has 2 heterocycles. The summed E-state index contributed by atoms with van der Waals surface area (Å²) in [6.45, 7) is 5.14. The number of amides is 1. The number of carbonyl (C=O) groups excluding carboxylic acids is 1. The van der Waals surface area contributed by atoms with Crippen LogP contribution in [0.1, 0.15) is 11.1 Å². The third-order valence-electron chi connectivity index (χ3n) is 6.54. The van der Waals surface area contributed by atoms with Gasteiger partial charge < -0.3 is 10.2 Å². The van der Waals surface area contributed by atoms with E-state index >= 15 is 0 Å². The summed E-state index contributed by atoms with van der Waals surface area (Å²) in [6.07, 6.45) is 1.62. The van der Waals surface area contributed by atoms with Crippen molar-refractivity contribution in [3.05, 3.63) is 107 Å². The van der Waals surface area contributed by atoms with Gasteiger partial charge in [0.1, 0.15) is 6.54 Å². The number of nitrogens with zero attached hydrogens (tertiary/aromatic N) is 4. The third kappa shape index (κ3) is 5.41. The van der Waals surface area contributed by atoms with E-state index in [2.05, 4.69) is 56.6 Å². The Labute approximate surface area is 204 Å². The van der Waals surface area contributed by atoms with E-state index < -0.39 is 0 Å². The van der Waals surface area contributed by atoms with Gasteiger partial charge in [-0.05, 0) is 29.3 Å². The predicted octanol–water partition coefficient (Wildman–Crippen LogP) is 3.04. The van der Waals surface area contributed by atoms with Crippen LogP contribution >= 0.6 is 0 Å². The van der Waals surface area contributed by atoms with Crippen LogP contribution in [0.5, 0.6) is 0 Å². The first-order valence-corrected chi connectivity index (χ1v) is 12.0. The Balaban J connectivity index is 1.17. The lowest BCUT2D eigenvalue weighted by Gasteiger charge is -2.36. The number of aromatic nitrogens is 2. The summed E-state index contributed by atoms with van der Waals surface area (Å²) in [5, 5.41) is 8.45. The Kier molecular flexibility index (Phi) is 6.86. The molecule has 4 aromatic rings. The molecule has 1 fully saturated rings. The molecule has 0 unspecified atom stereocenters. The highest BCUT2D eigenvalue weighted by Crippen LogP contribution is 2.18. The van der Waals surface area contributed by atoms with Gasteiger partial charge in [-0.2, -0.15) is 5.10 Å². The summed E-state index contributed by atoms with van der Waals surface area (Å²) in [6, 6.07) is 26.0. The number of nitrogens with one attached hydrogen (secondary N) is 1. The average Bonchev–Trinajstić information content (AvgIpc) is 2.91. The van der Waals surface area contributed by atoms with Gasteiger partial charge >= 0.3 is 0 Å². The predicted molar refractivity (Wildman–Crippen MR) is 138 cm³/mol. The number of benzene rings is 3. The minimum Gasteiger partial charge on any atom is -0.369 e. The molecular weight excluding hydrogens is 438 g/mol. The molecule has 1 aromatic heterocycles. The Morgan fingerprint density at radius 1 is 0.829 bits per heavy atom. The molecule has 7 heteroatoms. The summed E-state index contributed by atoms with van der Waals surface area (Å²) in [5.41, 5.74) is 3.32. The second-order valence-electron chi connectivity index (χ2n) is 8.84. The molecule has 0 spiro atoms. The first-order chi connectivity index (χ1) is 17.2. The number of carbonyl (C=O) groups is 1. The molecule has 0 bridgehead atoms. The number of anilines is 1. The lowest BCUT2D eigenvalue weighted by Crippen LogP contribution is -2.46. The number of hydrogen-bond donors (Lipinski definition) is 1. The van der Waals surface area contributed by atoms with E-state index in [1.807, 2.05) is 36.4 Å². The summed E-state index contributed by atoms with van der Waals surface area (Å²) < 4.78 is 1.22. The van der Waals surface area contributed by atoms with Crippen molar-refractivity contribution in [2.75, 3.05) is 31.1 Å². The smallest absolute Gasteiger partial charge is 0.275 e. The van der Waals surface area contributed by atoms with Crippen molar-refractivity contribution in [3.63, 3.8) is 0 Å². The van der Waals surface area contributed by atoms with Crippen molar-refractivity contribution in [3.8, 4) is 0 Å². The number of hydrogen-bond acceptors (Lipinski definition) is 5. The molecule has 1 amide bonds. The largest absolute Gasteiger partial charge is 0.369 e. The molecule has 5 rings (SSSR count). The fourth-order valence-electron chi connectivity index (χ4n) is 4.55. The Hall–Kier alpha value is -3.97. The van der Waals surface area contributed by atoms with Crippen LogP contribution in [0.3, 0.4) is 0 Å². The monoisotopic (exact) mass is 467 g/mol. The van der Waals surface area contributed by atoms with E-state index in [1.54, 1.807) is 12.3 Å². The average molecular weight is 468 g/mol. The zero-order valence-corrected chi connectivity index (χ0v) is 19.6. The van der Waals surface area contributed by atoms with E-state index in [0.29, 0.717) is 11.9 Å². The van der Waals surface area contributed by atoms with Crippen molar-refractivity contribution >= 4 is 22.4 Å². The van der Waals surface area contributed by atoms with Crippen LogP contribution in [-0.2, 0) is 24.4 Å². The van der Waals surface area contributed by atoms with Crippen LogP contribution < -0.4 is 15.8 Å². The number of fused-ring (bicyclic) bond motifs is 1.